The molecule has 7 nitrogen and oxygen atoms in total. The quantitative estimate of drug-likeness (QED) is 0.624. The van der Waals surface area contributed by atoms with Crippen LogP contribution >= 0.6 is 0 Å². The van der Waals surface area contributed by atoms with Crippen LogP contribution in [-0.2, 0) is 6.54 Å². The van der Waals surface area contributed by atoms with E-state index in [1.165, 1.54) is 0 Å². The third kappa shape index (κ3) is 2.63. The summed E-state index contributed by atoms with van der Waals surface area (Å²) >= 11 is 0. The zero-order chi connectivity index (χ0) is 16.4. The summed E-state index contributed by atoms with van der Waals surface area (Å²) in [5, 5.41) is 14.8. The van der Waals surface area contributed by atoms with Gasteiger partial charge in [0, 0.05) is 17.8 Å². The molecule has 0 fully saturated rings. The van der Waals surface area contributed by atoms with E-state index >= 15 is 0 Å². The molecule has 0 saturated heterocycles. The number of pyridine rings is 1. The third-order valence-corrected chi connectivity index (χ3v) is 3.59. The van der Waals surface area contributed by atoms with Crippen molar-refractivity contribution in [3.05, 3.63) is 72.4 Å². The predicted molar refractivity (Wildman–Crippen MR) is 86.1 cm³/mol. The molecule has 0 saturated carbocycles. The fourth-order valence-corrected chi connectivity index (χ4v) is 2.39. The molecule has 0 aliphatic carbocycles. The average Bonchev–Trinajstić information content (AvgIpc) is 3.28. The fourth-order valence-electron chi connectivity index (χ4n) is 2.39. The number of rotatable bonds is 4. The van der Waals surface area contributed by atoms with Crippen LogP contribution in [0.3, 0.4) is 0 Å². The van der Waals surface area contributed by atoms with Crippen LogP contribution in [0.5, 0.6) is 0 Å². The zero-order valence-electron chi connectivity index (χ0n) is 12.6. The third-order valence-electron chi connectivity index (χ3n) is 3.59. The number of hydrogen-bond donors (Lipinski definition) is 1. The standard InChI is InChI=1S/C17H13N5O2/c23-17(14-10-13(21-24-14)12-6-2-1-3-7-12)18-11-16-20-19-15-8-4-5-9-22(15)16/h1-10H,11H2,(H,18,23). The van der Waals surface area contributed by atoms with Crippen molar-refractivity contribution in [2.75, 3.05) is 0 Å². The van der Waals surface area contributed by atoms with E-state index in [0.29, 0.717) is 11.5 Å². The largest absolute Gasteiger partial charge is 0.350 e. The maximum atomic E-state index is 12.2. The van der Waals surface area contributed by atoms with Crippen molar-refractivity contribution in [3.63, 3.8) is 0 Å². The first kappa shape index (κ1) is 14.1. The molecule has 0 aliphatic rings. The molecule has 4 aromatic rings. The number of carbonyl (C=O) groups is 1. The highest BCUT2D eigenvalue weighted by Crippen LogP contribution is 2.18. The molecular weight excluding hydrogens is 306 g/mol. The molecule has 1 aromatic carbocycles. The smallest absolute Gasteiger partial charge is 0.290 e. The van der Waals surface area contributed by atoms with E-state index in [2.05, 4.69) is 20.7 Å². The summed E-state index contributed by atoms with van der Waals surface area (Å²) in [7, 11) is 0. The zero-order valence-corrected chi connectivity index (χ0v) is 12.6. The Hall–Kier alpha value is -3.48. The first-order valence-electron chi connectivity index (χ1n) is 7.40. The lowest BCUT2D eigenvalue weighted by atomic mass is 10.1. The second-order valence-corrected chi connectivity index (χ2v) is 5.17. The Bertz CT molecular complexity index is 990. The number of carbonyl (C=O) groups excluding carboxylic acids is 1. The van der Waals surface area contributed by atoms with Gasteiger partial charge in [0.25, 0.3) is 5.91 Å². The van der Waals surface area contributed by atoms with Gasteiger partial charge in [0.05, 0.1) is 6.54 Å². The van der Waals surface area contributed by atoms with Gasteiger partial charge in [-0.3, -0.25) is 9.20 Å². The lowest BCUT2D eigenvalue weighted by molar-refractivity contribution is 0.0913. The van der Waals surface area contributed by atoms with Crippen LogP contribution in [0.1, 0.15) is 16.4 Å². The molecule has 4 rings (SSSR count). The maximum Gasteiger partial charge on any atom is 0.290 e. The Labute approximate surface area is 136 Å². The first-order valence-corrected chi connectivity index (χ1v) is 7.40. The van der Waals surface area contributed by atoms with Crippen molar-refractivity contribution in [2.45, 2.75) is 6.54 Å². The minimum Gasteiger partial charge on any atom is -0.350 e. The van der Waals surface area contributed by atoms with E-state index in [-0.39, 0.29) is 18.2 Å². The van der Waals surface area contributed by atoms with E-state index in [0.717, 1.165) is 11.2 Å². The average molecular weight is 319 g/mol. The number of amides is 1. The first-order chi connectivity index (χ1) is 11.8. The molecule has 1 N–H and O–H groups in total. The Kier molecular flexibility index (Phi) is 3.51. The molecule has 3 heterocycles. The Morgan fingerprint density at radius 2 is 1.92 bits per heavy atom. The summed E-state index contributed by atoms with van der Waals surface area (Å²) in [5.41, 5.74) is 2.24. The number of aromatic nitrogens is 4. The van der Waals surface area contributed by atoms with Crippen LogP contribution in [0.4, 0.5) is 0 Å². The maximum absolute atomic E-state index is 12.2. The van der Waals surface area contributed by atoms with Gasteiger partial charge in [0.2, 0.25) is 5.76 Å². The van der Waals surface area contributed by atoms with E-state index in [9.17, 15) is 4.79 Å². The molecule has 118 valence electrons. The molecule has 0 aliphatic heterocycles. The van der Waals surface area contributed by atoms with Crippen LogP contribution < -0.4 is 5.32 Å². The molecule has 0 spiro atoms. The topological polar surface area (TPSA) is 85.3 Å². The molecule has 0 radical (unpaired) electrons. The highest BCUT2D eigenvalue weighted by Gasteiger charge is 2.15. The lowest BCUT2D eigenvalue weighted by Crippen LogP contribution is -2.23. The van der Waals surface area contributed by atoms with Crippen molar-refractivity contribution >= 4 is 11.6 Å². The summed E-state index contributed by atoms with van der Waals surface area (Å²) in [4.78, 5) is 12.2. The van der Waals surface area contributed by atoms with Gasteiger partial charge in [0.15, 0.2) is 11.5 Å². The second-order valence-electron chi connectivity index (χ2n) is 5.17. The lowest BCUT2D eigenvalue weighted by Gasteiger charge is -2.01. The van der Waals surface area contributed by atoms with Gasteiger partial charge in [-0.25, -0.2) is 0 Å². The van der Waals surface area contributed by atoms with Crippen LogP contribution in [0.2, 0.25) is 0 Å². The summed E-state index contributed by atoms with van der Waals surface area (Å²) in [6.45, 7) is 0.241. The SMILES string of the molecule is O=C(NCc1nnc2ccccn12)c1cc(-c2ccccc2)no1. The van der Waals surface area contributed by atoms with Gasteiger partial charge in [-0.2, -0.15) is 0 Å². The molecule has 0 atom stereocenters. The van der Waals surface area contributed by atoms with Gasteiger partial charge >= 0.3 is 0 Å². The summed E-state index contributed by atoms with van der Waals surface area (Å²) in [6.07, 6.45) is 1.85. The van der Waals surface area contributed by atoms with Crippen LogP contribution in [0.25, 0.3) is 16.9 Å². The molecule has 7 heteroatoms. The second kappa shape index (κ2) is 5.96. The summed E-state index contributed by atoms with van der Waals surface area (Å²) in [6, 6.07) is 16.8. The Morgan fingerprint density at radius 1 is 1.08 bits per heavy atom. The van der Waals surface area contributed by atoms with Gasteiger partial charge in [-0.15, -0.1) is 10.2 Å². The van der Waals surface area contributed by atoms with Gasteiger partial charge in [-0.1, -0.05) is 41.6 Å². The summed E-state index contributed by atoms with van der Waals surface area (Å²) in [5.74, 6) is 0.446. The van der Waals surface area contributed by atoms with E-state index in [1.807, 2.05) is 59.1 Å². The monoisotopic (exact) mass is 319 g/mol. The number of nitrogens with one attached hydrogen (secondary N) is 1. The Morgan fingerprint density at radius 3 is 2.79 bits per heavy atom. The molecule has 0 unspecified atom stereocenters. The van der Waals surface area contributed by atoms with Gasteiger partial charge < -0.3 is 9.84 Å². The van der Waals surface area contributed by atoms with E-state index in [1.54, 1.807) is 6.07 Å². The molecule has 0 bridgehead atoms. The summed E-state index contributed by atoms with van der Waals surface area (Å²) < 4.78 is 6.95. The van der Waals surface area contributed by atoms with Crippen molar-refractivity contribution in [1.82, 2.24) is 25.1 Å². The number of fused-ring (bicyclic) bond motifs is 1. The molecule has 3 aromatic heterocycles. The minimum atomic E-state index is -0.350. The van der Waals surface area contributed by atoms with Crippen LogP contribution in [0, 0.1) is 0 Å². The fraction of sp³-hybridized carbons (Fsp3) is 0.0588. The highest BCUT2D eigenvalue weighted by molar-refractivity contribution is 5.92. The molecule has 1 amide bonds. The van der Waals surface area contributed by atoms with Gasteiger partial charge in [-0.05, 0) is 12.1 Å². The minimum absolute atomic E-state index is 0.155. The van der Waals surface area contributed by atoms with Crippen molar-refractivity contribution < 1.29 is 9.32 Å². The highest BCUT2D eigenvalue weighted by atomic mass is 16.5. The van der Waals surface area contributed by atoms with Crippen molar-refractivity contribution in [1.29, 1.82) is 0 Å². The molecular formula is C17H13N5O2. The number of nitrogens with zero attached hydrogens (tertiary/aromatic N) is 4. The Balaban J connectivity index is 1.48. The van der Waals surface area contributed by atoms with Crippen LogP contribution in [-0.4, -0.2) is 25.7 Å². The molecule has 24 heavy (non-hydrogen) atoms. The van der Waals surface area contributed by atoms with E-state index < -0.39 is 0 Å². The van der Waals surface area contributed by atoms with Crippen molar-refractivity contribution in [3.8, 4) is 11.3 Å². The number of benzene rings is 1. The van der Waals surface area contributed by atoms with Crippen molar-refractivity contribution in [2.24, 2.45) is 0 Å². The van der Waals surface area contributed by atoms with Crippen LogP contribution in [0.15, 0.2) is 65.3 Å². The van der Waals surface area contributed by atoms with E-state index in [4.69, 9.17) is 4.52 Å². The normalized spacial score (nSPS) is 10.8. The van der Waals surface area contributed by atoms with Gasteiger partial charge in [0.1, 0.15) is 5.69 Å². The predicted octanol–water partition coefficient (Wildman–Crippen LogP) is 2.31. The number of hydrogen-bond acceptors (Lipinski definition) is 5.